The third-order valence-electron chi connectivity index (χ3n) is 7.57. The van der Waals surface area contributed by atoms with Gasteiger partial charge in [-0.1, -0.05) is 84.6 Å². The van der Waals surface area contributed by atoms with Crippen LogP contribution in [0.5, 0.6) is 11.5 Å². The number of benzene rings is 4. The van der Waals surface area contributed by atoms with Crippen molar-refractivity contribution < 1.29 is 28.9 Å². The molecule has 0 amide bonds. The molecule has 4 rings (SSSR count). The summed E-state index contributed by atoms with van der Waals surface area (Å²) in [5.41, 5.74) is 6.62. The van der Waals surface area contributed by atoms with E-state index >= 15 is 0 Å². The highest BCUT2D eigenvalue weighted by molar-refractivity contribution is 5.71. The summed E-state index contributed by atoms with van der Waals surface area (Å²) >= 11 is 0. The van der Waals surface area contributed by atoms with Gasteiger partial charge in [-0.05, 0) is 92.3 Å². The quantitative estimate of drug-likeness (QED) is 0.116. The van der Waals surface area contributed by atoms with E-state index in [0.29, 0.717) is 19.8 Å². The lowest BCUT2D eigenvalue weighted by Gasteiger charge is -2.12. The number of carboxylic acids is 1. The lowest BCUT2D eigenvalue weighted by atomic mass is 9.96. The number of rotatable bonds is 13. The number of ether oxygens (including phenoxy) is 3. The minimum Gasteiger partial charge on any atom is -0.489 e. The summed E-state index contributed by atoms with van der Waals surface area (Å²) in [7, 11) is 0. The van der Waals surface area contributed by atoms with E-state index in [-0.39, 0.29) is 30.6 Å². The van der Waals surface area contributed by atoms with Crippen molar-refractivity contribution in [2.75, 3.05) is 6.61 Å². The fourth-order valence-corrected chi connectivity index (χ4v) is 4.87. The van der Waals surface area contributed by atoms with Gasteiger partial charge in [-0.2, -0.15) is 0 Å². The lowest BCUT2D eigenvalue weighted by Crippen LogP contribution is -2.09. The van der Waals surface area contributed by atoms with E-state index in [1.165, 1.54) is 16.7 Å². The Balaban J connectivity index is 0.000000261. The molecule has 6 heteroatoms. The van der Waals surface area contributed by atoms with Crippen LogP contribution in [-0.2, 0) is 27.5 Å². The molecule has 1 unspecified atom stereocenters. The second-order valence-corrected chi connectivity index (χ2v) is 11.1. The van der Waals surface area contributed by atoms with Gasteiger partial charge in [-0.25, -0.2) is 0 Å². The predicted octanol–water partition coefficient (Wildman–Crippen LogP) is 8.79. The molecule has 0 aliphatic carbocycles. The van der Waals surface area contributed by atoms with E-state index < -0.39 is 5.97 Å². The number of aryl methyl sites for hydroxylation is 2. The summed E-state index contributed by atoms with van der Waals surface area (Å²) in [5.74, 6) is 11.7. The Morgan fingerprint density at radius 2 is 1.06 bits per heavy atom. The van der Waals surface area contributed by atoms with Crippen LogP contribution in [0.1, 0.15) is 78.8 Å². The Kier molecular flexibility index (Phi) is 15.4. The molecule has 0 radical (unpaired) electrons. The molecular weight excluding hydrogens is 600 g/mol. The van der Waals surface area contributed by atoms with Crippen molar-refractivity contribution in [1.29, 1.82) is 0 Å². The van der Waals surface area contributed by atoms with Gasteiger partial charge in [-0.3, -0.25) is 9.59 Å². The molecule has 0 saturated carbocycles. The van der Waals surface area contributed by atoms with Crippen LogP contribution in [-0.4, -0.2) is 23.7 Å². The first kappa shape index (κ1) is 37.0. The monoisotopic (exact) mass is 644 g/mol. The smallest absolute Gasteiger partial charge is 0.307 e. The standard InChI is InChI=1S/C22H24O3.C20H20O3/c1-4-8-19(15-22(23)24-5-2)18-11-13-21(14-12-18)25-16-20-10-7-6-9-17(20)3;1-3-6-17(13-20(21)22)16-9-11-19(12-10-16)23-14-18-8-5-4-7-15(18)2/h6-7,9-14,19H,5,15-16H2,1-3H3;4-5,7-12,17H,13-14H2,1-2H3,(H,21,22)/t;17-/m.1/s1. The van der Waals surface area contributed by atoms with E-state index in [1.807, 2.05) is 78.9 Å². The molecule has 0 aromatic heterocycles. The summed E-state index contributed by atoms with van der Waals surface area (Å²) in [6, 6.07) is 31.5. The molecule has 2 atom stereocenters. The van der Waals surface area contributed by atoms with Gasteiger partial charge >= 0.3 is 11.9 Å². The molecule has 0 aliphatic rings. The number of aliphatic carboxylic acids is 1. The molecule has 6 nitrogen and oxygen atoms in total. The van der Waals surface area contributed by atoms with Crippen LogP contribution in [0.25, 0.3) is 0 Å². The summed E-state index contributed by atoms with van der Waals surface area (Å²) in [5, 5.41) is 8.97. The van der Waals surface area contributed by atoms with Crippen molar-refractivity contribution in [1.82, 2.24) is 0 Å². The zero-order valence-electron chi connectivity index (χ0n) is 28.4. The summed E-state index contributed by atoms with van der Waals surface area (Å²) in [6.07, 6.45) is 0.266. The molecule has 0 aliphatic heterocycles. The molecule has 1 N–H and O–H groups in total. The van der Waals surface area contributed by atoms with Crippen LogP contribution in [0.15, 0.2) is 97.1 Å². The van der Waals surface area contributed by atoms with Crippen LogP contribution in [0, 0.1) is 37.5 Å². The minimum atomic E-state index is -0.849. The van der Waals surface area contributed by atoms with Crippen LogP contribution in [0.2, 0.25) is 0 Å². The number of esters is 1. The number of hydrogen-bond donors (Lipinski definition) is 1. The third kappa shape index (κ3) is 12.4. The molecule has 0 bridgehead atoms. The first-order chi connectivity index (χ1) is 23.2. The van der Waals surface area contributed by atoms with E-state index in [9.17, 15) is 9.59 Å². The summed E-state index contributed by atoms with van der Waals surface area (Å²) in [6.45, 7) is 10.9. The molecule has 4 aromatic rings. The van der Waals surface area contributed by atoms with Crippen LogP contribution >= 0.6 is 0 Å². The van der Waals surface area contributed by atoms with Gasteiger partial charge in [0.25, 0.3) is 0 Å². The van der Waals surface area contributed by atoms with Crippen LogP contribution in [0.3, 0.4) is 0 Å². The minimum absolute atomic E-state index is 0.00422. The number of carboxylic acid groups (broad SMARTS) is 1. The van der Waals surface area contributed by atoms with Gasteiger partial charge in [0, 0.05) is 0 Å². The molecule has 48 heavy (non-hydrogen) atoms. The average molecular weight is 645 g/mol. The van der Waals surface area contributed by atoms with E-state index in [1.54, 1.807) is 20.8 Å². The molecule has 0 saturated heterocycles. The van der Waals surface area contributed by atoms with Crippen LogP contribution < -0.4 is 9.47 Å². The zero-order chi connectivity index (χ0) is 34.7. The van der Waals surface area contributed by atoms with Crippen molar-refractivity contribution in [2.45, 2.75) is 72.5 Å². The Bertz CT molecular complexity index is 1730. The first-order valence-corrected chi connectivity index (χ1v) is 16.0. The predicted molar refractivity (Wildman–Crippen MR) is 190 cm³/mol. The topological polar surface area (TPSA) is 82.1 Å². The highest BCUT2D eigenvalue weighted by Gasteiger charge is 2.15. The highest BCUT2D eigenvalue weighted by atomic mass is 16.5. The maximum Gasteiger partial charge on any atom is 0.307 e. The Labute approximate surface area is 285 Å². The zero-order valence-corrected chi connectivity index (χ0v) is 28.4. The fourth-order valence-electron chi connectivity index (χ4n) is 4.87. The maximum atomic E-state index is 11.7. The van der Waals surface area contributed by atoms with E-state index in [4.69, 9.17) is 19.3 Å². The Morgan fingerprint density at radius 3 is 1.44 bits per heavy atom. The van der Waals surface area contributed by atoms with Gasteiger partial charge in [0.05, 0.1) is 31.3 Å². The van der Waals surface area contributed by atoms with Gasteiger partial charge in [0.2, 0.25) is 0 Å². The first-order valence-electron chi connectivity index (χ1n) is 16.0. The van der Waals surface area contributed by atoms with Gasteiger partial charge < -0.3 is 19.3 Å². The SMILES string of the molecule is CC#CC(CC(=O)OCC)c1ccc(OCc2ccccc2C)cc1.CC#C[C@H](CC(=O)O)c1ccc(OCc2ccccc2C)cc1. The van der Waals surface area contributed by atoms with Crippen molar-refractivity contribution in [3.63, 3.8) is 0 Å². The maximum absolute atomic E-state index is 11.7. The Morgan fingerprint density at radius 1 is 0.646 bits per heavy atom. The number of hydrogen-bond acceptors (Lipinski definition) is 5. The van der Waals surface area contributed by atoms with Crippen LogP contribution in [0.4, 0.5) is 0 Å². The van der Waals surface area contributed by atoms with Crippen molar-refractivity contribution >= 4 is 11.9 Å². The Hall–Kier alpha value is -5.46. The average Bonchev–Trinajstić information content (AvgIpc) is 3.08. The normalized spacial score (nSPS) is 11.2. The summed E-state index contributed by atoms with van der Waals surface area (Å²) < 4.78 is 16.7. The van der Waals surface area contributed by atoms with Gasteiger partial charge in [0.15, 0.2) is 0 Å². The van der Waals surface area contributed by atoms with E-state index in [2.05, 4.69) is 55.7 Å². The number of carbonyl (C=O) groups is 2. The molecule has 0 heterocycles. The van der Waals surface area contributed by atoms with E-state index in [0.717, 1.165) is 28.2 Å². The fraction of sp³-hybridized carbons (Fsp3) is 0.286. The molecule has 4 aromatic carbocycles. The van der Waals surface area contributed by atoms with Gasteiger partial charge in [-0.15, -0.1) is 11.8 Å². The van der Waals surface area contributed by atoms with Gasteiger partial charge in [0.1, 0.15) is 24.7 Å². The second kappa shape index (κ2) is 19.9. The van der Waals surface area contributed by atoms with Crippen molar-refractivity contribution in [2.24, 2.45) is 0 Å². The molecule has 0 spiro atoms. The lowest BCUT2D eigenvalue weighted by molar-refractivity contribution is -0.143. The summed E-state index contributed by atoms with van der Waals surface area (Å²) in [4.78, 5) is 22.7. The van der Waals surface area contributed by atoms with Crippen molar-refractivity contribution in [3.8, 4) is 35.2 Å². The number of carbonyl (C=O) groups excluding carboxylic acids is 1. The third-order valence-corrected chi connectivity index (χ3v) is 7.57. The molecule has 0 fully saturated rings. The second-order valence-electron chi connectivity index (χ2n) is 11.1. The molecular formula is C42H44O6. The highest BCUT2D eigenvalue weighted by Crippen LogP contribution is 2.24. The largest absolute Gasteiger partial charge is 0.489 e. The molecule has 248 valence electrons. The van der Waals surface area contributed by atoms with Crippen molar-refractivity contribution in [3.05, 3.63) is 130 Å².